The number of hydrogen-bond donors (Lipinski definition) is 0. The van der Waals surface area contributed by atoms with Gasteiger partial charge in [-0.2, -0.15) is 0 Å². The van der Waals surface area contributed by atoms with E-state index in [1.807, 2.05) is 0 Å². The van der Waals surface area contributed by atoms with Crippen molar-refractivity contribution in [1.82, 2.24) is 4.72 Å². The Morgan fingerprint density at radius 1 is 1.27 bits per heavy atom. The van der Waals surface area contributed by atoms with Crippen molar-refractivity contribution in [1.29, 1.82) is 0 Å². The normalized spacial score (nSPS) is 25.4. The molecule has 1 aliphatic carbocycles. The largest absolute Gasteiger partial charge is 0.375 e. The van der Waals surface area contributed by atoms with Crippen LogP contribution in [0.15, 0.2) is 23.7 Å². The average molecular weight is 278 g/mol. The van der Waals surface area contributed by atoms with Gasteiger partial charge in [0.05, 0.1) is 0 Å². The number of allylic oxidation sites excluding steroid dienone is 4. The minimum absolute atomic E-state index is 0. The molecular formula is C11H19B2NZr. The Kier molecular flexibility index (Phi) is 3.94. The maximum atomic E-state index is 2.63. The van der Waals surface area contributed by atoms with Crippen LogP contribution in [-0.4, -0.2) is 24.0 Å². The monoisotopic (exact) mass is 277 g/mol. The van der Waals surface area contributed by atoms with E-state index < -0.39 is 0 Å². The summed E-state index contributed by atoms with van der Waals surface area (Å²) in [7, 11) is 0. The first-order valence-electron chi connectivity index (χ1n) is 5.59. The number of fused-ring (bicyclic) bond motifs is 1. The van der Waals surface area contributed by atoms with Crippen LogP contribution in [0.25, 0.3) is 0 Å². The molecule has 0 saturated carbocycles. The fourth-order valence-corrected chi connectivity index (χ4v) is 3.24. The molecule has 1 nitrogen and oxygen atoms in total. The predicted octanol–water partition coefficient (Wildman–Crippen LogP) is 2.75. The van der Waals surface area contributed by atoms with Crippen molar-refractivity contribution in [3.63, 3.8) is 0 Å². The minimum Gasteiger partial charge on any atom is -0.375 e. The molecule has 2 aliphatic rings. The van der Waals surface area contributed by atoms with E-state index >= 15 is 0 Å². The third kappa shape index (κ3) is 2.13. The van der Waals surface area contributed by atoms with E-state index in [4.69, 9.17) is 0 Å². The molecule has 0 aromatic heterocycles. The number of nitrogens with zero attached hydrogens (tertiary/aromatic N) is 1. The van der Waals surface area contributed by atoms with Crippen molar-refractivity contribution in [2.45, 2.75) is 45.8 Å². The summed E-state index contributed by atoms with van der Waals surface area (Å²) in [6, 6.07) is 0. The Balaban J connectivity index is 0.00000112. The van der Waals surface area contributed by atoms with E-state index in [9.17, 15) is 0 Å². The molecule has 0 bridgehead atoms. The molecule has 0 aromatic carbocycles. The van der Waals surface area contributed by atoms with Crippen molar-refractivity contribution in [2.75, 3.05) is 0 Å². The van der Waals surface area contributed by atoms with Gasteiger partial charge in [0, 0.05) is 26.2 Å². The average Bonchev–Trinajstić information content (AvgIpc) is 2.54. The Labute approximate surface area is 114 Å². The van der Waals surface area contributed by atoms with E-state index in [2.05, 4.69) is 57.4 Å². The summed E-state index contributed by atoms with van der Waals surface area (Å²) in [6.45, 7) is 12.9. The second-order valence-electron chi connectivity index (χ2n) is 5.57. The summed E-state index contributed by atoms with van der Waals surface area (Å²) < 4.78 is 2.63. The zero-order valence-corrected chi connectivity index (χ0v) is 12.9. The van der Waals surface area contributed by atoms with Crippen LogP contribution < -0.4 is 0 Å². The molecule has 1 saturated heterocycles. The third-order valence-electron chi connectivity index (χ3n) is 3.62. The molecule has 4 heteroatoms. The van der Waals surface area contributed by atoms with Gasteiger partial charge >= 0.3 is 0 Å². The first-order chi connectivity index (χ1) is 6.43. The van der Waals surface area contributed by atoms with Crippen LogP contribution in [0.1, 0.15) is 20.8 Å². The smallest absolute Gasteiger partial charge is 0.239 e. The van der Waals surface area contributed by atoms with Crippen LogP contribution in [0.5, 0.6) is 0 Å². The molecule has 1 atom stereocenters. The topological polar surface area (TPSA) is 3.24 Å². The summed E-state index contributed by atoms with van der Waals surface area (Å²) in [5, 5.41) is 0. The van der Waals surface area contributed by atoms with Crippen molar-refractivity contribution in [3.05, 3.63) is 23.7 Å². The van der Waals surface area contributed by atoms with Gasteiger partial charge in [-0.05, 0) is 32.1 Å². The summed E-state index contributed by atoms with van der Waals surface area (Å²) in [5.74, 6) is 0.671. The molecule has 0 spiro atoms. The van der Waals surface area contributed by atoms with Gasteiger partial charge in [-0.15, -0.1) is 0 Å². The number of rotatable bonds is 0. The zero-order chi connectivity index (χ0) is 10.5. The maximum Gasteiger partial charge on any atom is 0.239 e. The SMILES string of the molecule is CB1C2=CC=CC2B(C)N1C(C)(C)C.[Zr]. The zero-order valence-electron chi connectivity index (χ0n) is 10.4. The Hall–Kier alpha value is 0.453. The van der Waals surface area contributed by atoms with Crippen molar-refractivity contribution in [3.8, 4) is 0 Å². The van der Waals surface area contributed by atoms with Gasteiger partial charge in [-0.1, -0.05) is 37.3 Å². The van der Waals surface area contributed by atoms with Gasteiger partial charge in [-0.25, -0.2) is 0 Å². The van der Waals surface area contributed by atoms with Crippen LogP contribution in [0.2, 0.25) is 19.5 Å². The van der Waals surface area contributed by atoms with E-state index in [1.54, 1.807) is 5.47 Å². The molecule has 0 aromatic rings. The Morgan fingerprint density at radius 3 is 2.33 bits per heavy atom. The van der Waals surface area contributed by atoms with Crippen LogP contribution in [0.4, 0.5) is 0 Å². The molecule has 0 amide bonds. The summed E-state index contributed by atoms with van der Waals surface area (Å²) >= 11 is 0. The summed E-state index contributed by atoms with van der Waals surface area (Å²) in [5.41, 5.74) is 1.88. The van der Waals surface area contributed by atoms with Gasteiger partial charge in [-0.3, -0.25) is 0 Å². The third-order valence-corrected chi connectivity index (χ3v) is 3.62. The first kappa shape index (κ1) is 13.5. The molecule has 78 valence electrons. The number of hydrogen-bond acceptors (Lipinski definition) is 1. The van der Waals surface area contributed by atoms with Gasteiger partial charge in [0.1, 0.15) is 0 Å². The molecule has 15 heavy (non-hydrogen) atoms. The molecule has 1 unspecified atom stereocenters. The van der Waals surface area contributed by atoms with E-state index in [1.165, 1.54) is 0 Å². The Bertz CT molecular complexity index is 306. The predicted molar refractivity (Wildman–Crippen MR) is 65.8 cm³/mol. The molecule has 0 N–H and O–H groups in total. The van der Waals surface area contributed by atoms with Gasteiger partial charge in [0.15, 0.2) is 0 Å². The van der Waals surface area contributed by atoms with Crippen LogP contribution in [0.3, 0.4) is 0 Å². The maximum absolute atomic E-state index is 2.63. The summed E-state index contributed by atoms with van der Waals surface area (Å²) in [6.07, 6.45) is 6.87. The first-order valence-corrected chi connectivity index (χ1v) is 5.59. The van der Waals surface area contributed by atoms with Crippen molar-refractivity contribution < 1.29 is 26.2 Å². The molecule has 0 radical (unpaired) electrons. The summed E-state index contributed by atoms with van der Waals surface area (Å²) in [4.78, 5) is 0. The van der Waals surface area contributed by atoms with Gasteiger partial charge in [0.25, 0.3) is 0 Å². The second kappa shape index (κ2) is 4.37. The van der Waals surface area contributed by atoms with Gasteiger partial charge < -0.3 is 4.72 Å². The van der Waals surface area contributed by atoms with E-state index in [-0.39, 0.29) is 31.7 Å². The molecular weight excluding hydrogens is 259 g/mol. The molecule has 1 fully saturated rings. The molecule has 1 heterocycles. The van der Waals surface area contributed by atoms with E-state index in [0.717, 1.165) is 0 Å². The van der Waals surface area contributed by atoms with Crippen molar-refractivity contribution in [2.24, 2.45) is 0 Å². The van der Waals surface area contributed by atoms with Crippen LogP contribution >= 0.6 is 0 Å². The standard InChI is InChI=1S/C11H19B2N.Zr/c1-11(2,3)14-12(4)9-7-6-8-10(9)13(14)5;/h6-9H,1-5H3;. The molecule has 2 rings (SSSR count). The van der Waals surface area contributed by atoms with Gasteiger partial charge in [0.2, 0.25) is 13.7 Å². The second-order valence-corrected chi connectivity index (χ2v) is 5.57. The fourth-order valence-electron chi connectivity index (χ4n) is 3.24. The van der Waals surface area contributed by atoms with Crippen LogP contribution in [-0.2, 0) is 26.2 Å². The van der Waals surface area contributed by atoms with Crippen LogP contribution in [0, 0.1) is 0 Å². The quantitative estimate of drug-likeness (QED) is 0.616. The minimum atomic E-state index is 0. The van der Waals surface area contributed by atoms with E-state index in [0.29, 0.717) is 19.5 Å². The fraction of sp³-hybridized carbons (Fsp3) is 0.636. The Morgan fingerprint density at radius 2 is 1.87 bits per heavy atom. The molecule has 1 aliphatic heterocycles. The van der Waals surface area contributed by atoms with Crippen molar-refractivity contribution >= 4 is 13.7 Å².